The van der Waals surface area contributed by atoms with Crippen LogP contribution in [-0.2, 0) is 0 Å². The lowest BCUT2D eigenvalue weighted by molar-refractivity contribution is 0.0979. The number of ketones is 2. The second-order valence-corrected chi connectivity index (χ2v) is 5.93. The molecule has 3 aromatic carbocycles. The molecule has 0 radical (unpaired) electrons. The predicted octanol–water partition coefficient (Wildman–Crippen LogP) is 3.49. The molecule has 0 saturated heterocycles. The van der Waals surface area contributed by atoms with Crippen LogP contribution in [0, 0.1) is 0 Å². The minimum absolute atomic E-state index is 0.187. The molecule has 0 aliphatic heterocycles. The van der Waals surface area contributed by atoms with Gasteiger partial charge in [0.25, 0.3) is 0 Å². The first kappa shape index (κ1) is 15.8. The van der Waals surface area contributed by atoms with E-state index in [1.54, 1.807) is 42.6 Å². The van der Waals surface area contributed by atoms with Crippen molar-refractivity contribution in [1.82, 2.24) is 0 Å². The van der Waals surface area contributed by atoms with Crippen LogP contribution in [0.5, 0.6) is 0 Å². The van der Waals surface area contributed by atoms with Crippen molar-refractivity contribution in [3.05, 3.63) is 94.5 Å². The van der Waals surface area contributed by atoms with Crippen LogP contribution in [0.3, 0.4) is 0 Å². The molecule has 3 N–H and O–H groups in total. The van der Waals surface area contributed by atoms with E-state index < -0.39 is 0 Å². The van der Waals surface area contributed by atoms with Crippen LogP contribution in [0.15, 0.2) is 71.8 Å². The van der Waals surface area contributed by atoms with E-state index in [-0.39, 0.29) is 22.8 Å². The smallest absolute Gasteiger partial charge is 0.196 e. The molecule has 4 rings (SSSR count). The SMILES string of the molecule is Nc1c(C=NNc2ccccc2)ccc2c1C(=O)c1ccccc1C2=O. The van der Waals surface area contributed by atoms with Gasteiger partial charge in [-0.25, -0.2) is 0 Å². The Bertz CT molecular complexity index is 1060. The summed E-state index contributed by atoms with van der Waals surface area (Å²) in [5.41, 5.74) is 12.1. The zero-order chi connectivity index (χ0) is 18.1. The van der Waals surface area contributed by atoms with Gasteiger partial charge < -0.3 is 5.73 Å². The molecule has 0 saturated carbocycles. The number of fused-ring (bicyclic) bond motifs is 2. The highest BCUT2D eigenvalue weighted by Crippen LogP contribution is 2.32. The van der Waals surface area contributed by atoms with Gasteiger partial charge in [0.15, 0.2) is 11.6 Å². The summed E-state index contributed by atoms with van der Waals surface area (Å²) in [5.74, 6) is -0.424. The average Bonchev–Trinajstić information content (AvgIpc) is 2.68. The van der Waals surface area contributed by atoms with Crippen LogP contribution in [-0.4, -0.2) is 17.8 Å². The molecule has 0 fully saturated rings. The molecule has 1 aliphatic carbocycles. The monoisotopic (exact) mass is 341 g/mol. The predicted molar refractivity (Wildman–Crippen MR) is 102 cm³/mol. The third kappa shape index (κ3) is 2.56. The molecule has 3 aromatic rings. The normalized spacial score (nSPS) is 12.8. The number of hydrazone groups is 1. The lowest BCUT2D eigenvalue weighted by Gasteiger charge is -2.19. The van der Waals surface area contributed by atoms with Crippen LogP contribution in [0.2, 0.25) is 0 Å². The van der Waals surface area contributed by atoms with E-state index in [4.69, 9.17) is 5.73 Å². The lowest BCUT2D eigenvalue weighted by atomic mass is 9.82. The summed E-state index contributed by atoms with van der Waals surface area (Å²) in [7, 11) is 0. The molecule has 0 aromatic heterocycles. The quantitative estimate of drug-likeness (QED) is 0.339. The maximum atomic E-state index is 12.8. The number of nitrogen functional groups attached to an aromatic ring is 1. The molecular weight excluding hydrogens is 326 g/mol. The van der Waals surface area contributed by atoms with Crippen LogP contribution >= 0.6 is 0 Å². The first-order chi connectivity index (χ1) is 12.7. The minimum Gasteiger partial charge on any atom is -0.398 e. The number of nitrogens with two attached hydrogens (primary N) is 1. The first-order valence-electron chi connectivity index (χ1n) is 8.12. The van der Waals surface area contributed by atoms with E-state index in [1.807, 2.05) is 30.3 Å². The number of para-hydroxylation sites is 1. The fourth-order valence-corrected chi connectivity index (χ4v) is 3.03. The number of nitrogens with one attached hydrogen (secondary N) is 1. The Morgan fingerprint density at radius 1 is 0.769 bits per heavy atom. The maximum absolute atomic E-state index is 12.8. The number of hydrogen-bond acceptors (Lipinski definition) is 5. The Hall–Kier alpha value is -3.73. The Labute approximate surface area is 150 Å². The Kier molecular flexibility index (Phi) is 3.82. The highest BCUT2D eigenvalue weighted by Gasteiger charge is 2.31. The van der Waals surface area contributed by atoms with E-state index in [0.717, 1.165) is 5.69 Å². The molecule has 0 spiro atoms. The highest BCUT2D eigenvalue weighted by molar-refractivity contribution is 6.30. The second kappa shape index (κ2) is 6.29. The average molecular weight is 341 g/mol. The van der Waals surface area contributed by atoms with Gasteiger partial charge in [-0.2, -0.15) is 5.10 Å². The van der Waals surface area contributed by atoms with E-state index in [2.05, 4.69) is 10.5 Å². The fourth-order valence-electron chi connectivity index (χ4n) is 3.03. The van der Waals surface area contributed by atoms with E-state index in [9.17, 15) is 9.59 Å². The van der Waals surface area contributed by atoms with Gasteiger partial charge in [-0.3, -0.25) is 15.0 Å². The van der Waals surface area contributed by atoms with E-state index in [0.29, 0.717) is 22.3 Å². The fraction of sp³-hybridized carbons (Fsp3) is 0. The molecule has 0 atom stereocenters. The first-order valence-corrected chi connectivity index (χ1v) is 8.12. The molecular formula is C21H15N3O2. The summed E-state index contributed by atoms with van der Waals surface area (Å²) in [4.78, 5) is 25.5. The molecule has 0 unspecified atom stereocenters. The summed E-state index contributed by atoms with van der Waals surface area (Å²) in [6.07, 6.45) is 1.54. The van der Waals surface area contributed by atoms with Gasteiger partial charge in [0.2, 0.25) is 0 Å². The zero-order valence-electron chi connectivity index (χ0n) is 13.8. The van der Waals surface area contributed by atoms with Gasteiger partial charge in [-0.15, -0.1) is 0 Å². The Balaban J connectivity index is 1.71. The third-order valence-electron chi connectivity index (χ3n) is 4.34. The van der Waals surface area contributed by atoms with Crippen molar-refractivity contribution in [2.75, 3.05) is 11.2 Å². The number of hydrogen-bond donors (Lipinski definition) is 2. The van der Waals surface area contributed by atoms with Gasteiger partial charge in [-0.1, -0.05) is 48.5 Å². The van der Waals surface area contributed by atoms with E-state index >= 15 is 0 Å². The van der Waals surface area contributed by atoms with Crippen molar-refractivity contribution in [1.29, 1.82) is 0 Å². The van der Waals surface area contributed by atoms with Gasteiger partial charge in [0, 0.05) is 22.3 Å². The standard InChI is InChI=1S/C21H15N3O2/c22-19-13(12-23-24-14-6-2-1-3-7-14)10-11-17-18(19)21(26)16-9-5-4-8-15(16)20(17)25/h1-12,24H,22H2. The topological polar surface area (TPSA) is 84.5 Å². The van der Waals surface area contributed by atoms with Gasteiger partial charge >= 0.3 is 0 Å². The van der Waals surface area contributed by atoms with Crippen molar-refractivity contribution < 1.29 is 9.59 Å². The van der Waals surface area contributed by atoms with Crippen molar-refractivity contribution in [3.63, 3.8) is 0 Å². The molecule has 0 bridgehead atoms. The number of carbonyl (C=O) groups excluding carboxylic acids is 2. The third-order valence-corrected chi connectivity index (χ3v) is 4.34. The summed E-state index contributed by atoms with van der Waals surface area (Å²) < 4.78 is 0. The molecule has 0 heterocycles. The maximum Gasteiger partial charge on any atom is 0.196 e. The van der Waals surface area contributed by atoms with Gasteiger partial charge in [0.1, 0.15) is 0 Å². The number of benzene rings is 3. The number of rotatable bonds is 3. The summed E-state index contributed by atoms with van der Waals surface area (Å²) in [5, 5.41) is 4.16. The molecule has 1 aliphatic rings. The summed E-state index contributed by atoms with van der Waals surface area (Å²) in [6.45, 7) is 0. The molecule has 26 heavy (non-hydrogen) atoms. The summed E-state index contributed by atoms with van der Waals surface area (Å²) in [6, 6.07) is 19.6. The van der Waals surface area contributed by atoms with Crippen molar-refractivity contribution in [3.8, 4) is 0 Å². The van der Waals surface area contributed by atoms with Crippen molar-refractivity contribution in [2.45, 2.75) is 0 Å². The van der Waals surface area contributed by atoms with E-state index in [1.165, 1.54) is 0 Å². The van der Waals surface area contributed by atoms with Gasteiger partial charge in [-0.05, 0) is 18.2 Å². The van der Waals surface area contributed by atoms with Crippen LogP contribution < -0.4 is 11.2 Å². The Morgan fingerprint density at radius 2 is 1.42 bits per heavy atom. The molecule has 126 valence electrons. The number of nitrogens with zero attached hydrogens (tertiary/aromatic N) is 1. The largest absolute Gasteiger partial charge is 0.398 e. The van der Waals surface area contributed by atoms with Crippen molar-refractivity contribution >= 4 is 29.2 Å². The van der Waals surface area contributed by atoms with Gasteiger partial charge in [0.05, 0.1) is 23.2 Å². The number of carbonyl (C=O) groups is 2. The van der Waals surface area contributed by atoms with Crippen LogP contribution in [0.25, 0.3) is 0 Å². The molecule has 5 nitrogen and oxygen atoms in total. The molecule has 0 amide bonds. The summed E-state index contributed by atoms with van der Waals surface area (Å²) >= 11 is 0. The van der Waals surface area contributed by atoms with Crippen molar-refractivity contribution in [2.24, 2.45) is 5.10 Å². The lowest BCUT2D eigenvalue weighted by Crippen LogP contribution is -2.23. The van der Waals surface area contributed by atoms with Crippen LogP contribution in [0.1, 0.15) is 37.4 Å². The molecule has 5 heteroatoms. The minimum atomic E-state index is -0.237. The second-order valence-electron chi connectivity index (χ2n) is 5.93. The van der Waals surface area contributed by atoms with Crippen LogP contribution in [0.4, 0.5) is 11.4 Å². The zero-order valence-corrected chi connectivity index (χ0v) is 13.8. The Morgan fingerprint density at radius 3 is 2.15 bits per heavy atom. The number of anilines is 2. The highest BCUT2D eigenvalue weighted by atomic mass is 16.1.